The van der Waals surface area contributed by atoms with Crippen LogP contribution in [0.4, 0.5) is 4.79 Å². The maximum absolute atomic E-state index is 12.9. The number of carbonyl (C=O) groups excluding carboxylic acids is 1. The first-order valence-corrected chi connectivity index (χ1v) is 13.8. The molecule has 1 aliphatic carbocycles. The summed E-state index contributed by atoms with van der Waals surface area (Å²) in [5.41, 5.74) is 7.55. The van der Waals surface area contributed by atoms with E-state index in [0.717, 1.165) is 38.5 Å². The molecule has 8 nitrogen and oxygen atoms in total. The monoisotopic (exact) mass is 553 g/mol. The fraction of sp³-hybridized carbons (Fsp3) is 0.194. The number of hydrogen-bond donors (Lipinski definition) is 2. The minimum Gasteiger partial charge on any atom is -0.497 e. The first-order valence-electron chi connectivity index (χ1n) is 12.9. The molecule has 1 unspecified atom stereocenters. The van der Waals surface area contributed by atoms with E-state index < -0.39 is 18.1 Å². The molecule has 0 spiro atoms. The van der Waals surface area contributed by atoms with E-state index in [1.807, 2.05) is 77.4 Å². The van der Waals surface area contributed by atoms with Gasteiger partial charge in [-0.3, -0.25) is 4.40 Å². The second kappa shape index (κ2) is 10.5. The van der Waals surface area contributed by atoms with Crippen molar-refractivity contribution in [3.8, 4) is 28.1 Å². The van der Waals surface area contributed by atoms with Crippen molar-refractivity contribution in [3.05, 3.63) is 101 Å². The van der Waals surface area contributed by atoms with Gasteiger partial charge in [0.05, 0.1) is 18.5 Å². The van der Waals surface area contributed by atoms with Gasteiger partial charge in [-0.1, -0.05) is 48.5 Å². The number of alkyl carbamates (subject to hydrolysis) is 1. The number of aryl methyl sites for hydroxylation is 1. The van der Waals surface area contributed by atoms with Crippen LogP contribution in [-0.4, -0.2) is 46.3 Å². The molecule has 1 aliphatic rings. The standard InChI is InChI=1S/C31H27N3O5S/c1-18-17-40-30-33-28(19-11-13-20(38-2)14-12-19)27(34(18)30)15-26(29(35)36)32-31(37)39-16-25-23-9-5-3-7-21(23)22-8-4-6-10-24(22)25/h3-14,17,25-26H,15-16H2,1-2H3,(H,32,37)(H,35,36). The van der Waals surface area contributed by atoms with Gasteiger partial charge in [0, 0.05) is 29.0 Å². The Morgan fingerprint density at radius 2 is 1.68 bits per heavy atom. The Bertz CT molecular complexity index is 1680. The maximum Gasteiger partial charge on any atom is 0.407 e. The molecule has 2 heterocycles. The highest BCUT2D eigenvalue weighted by Crippen LogP contribution is 2.44. The van der Waals surface area contributed by atoms with Gasteiger partial charge < -0.3 is 19.9 Å². The van der Waals surface area contributed by atoms with Crippen LogP contribution in [-0.2, 0) is 16.0 Å². The van der Waals surface area contributed by atoms with Crippen LogP contribution >= 0.6 is 11.3 Å². The summed E-state index contributed by atoms with van der Waals surface area (Å²) in [5.74, 6) is -0.564. The number of ether oxygens (including phenoxy) is 2. The number of fused-ring (bicyclic) bond motifs is 4. The maximum atomic E-state index is 12.9. The summed E-state index contributed by atoms with van der Waals surface area (Å²) in [6.45, 7) is 2.05. The van der Waals surface area contributed by atoms with E-state index >= 15 is 0 Å². The molecule has 0 bridgehead atoms. The first-order chi connectivity index (χ1) is 19.4. The molecule has 0 saturated carbocycles. The van der Waals surface area contributed by atoms with Crippen LogP contribution in [0.15, 0.2) is 78.2 Å². The van der Waals surface area contributed by atoms with Crippen molar-refractivity contribution in [2.24, 2.45) is 0 Å². The van der Waals surface area contributed by atoms with Crippen LogP contribution in [0.1, 0.15) is 28.4 Å². The molecule has 1 atom stereocenters. The van der Waals surface area contributed by atoms with Crippen molar-refractivity contribution in [1.82, 2.24) is 14.7 Å². The van der Waals surface area contributed by atoms with Gasteiger partial charge in [-0.25, -0.2) is 14.6 Å². The number of carboxylic acid groups (broad SMARTS) is 1. The van der Waals surface area contributed by atoms with Crippen molar-refractivity contribution in [2.45, 2.75) is 25.3 Å². The molecule has 0 fully saturated rings. The number of aliphatic carboxylic acids is 1. The SMILES string of the molecule is COc1ccc(-c2nc3scc(C)n3c2CC(NC(=O)OCC2c3ccccc3-c3ccccc32)C(=O)O)cc1. The van der Waals surface area contributed by atoms with E-state index in [1.54, 1.807) is 7.11 Å². The Kier molecular flexibility index (Phi) is 6.73. The lowest BCUT2D eigenvalue weighted by Crippen LogP contribution is -2.43. The molecular weight excluding hydrogens is 526 g/mol. The number of amides is 1. The summed E-state index contributed by atoms with van der Waals surface area (Å²) in [6, 6.07) is 22.4. The van der Waals surface area contributed by atoms with Gasteiger partial charge in [0.2, 0.25) is 0 Å². The average molecular weight is 554 g/mol. The number of imidazole rings is 1. The van der Waals surface area contributed by atoms with Gasteiger partial charge in [0.15, 0.2) is 4.96 Å². The number of rotatable bonds is 8. The lowest BCUT2D eigenvalue weighted by molar-refractivity contribution is -0.139. The van der Waals surface area contributed by atoms with E-state index in [2.05, 4.69) is 17.4 Å². The van der Waals surface area contributed by atoms with Crippen molar-refractivity contribution < 1.29 is 24.2 Å². The van der Waals surface area contributed by atoms with E-state index in [4.69, 9.17) is 14.5 Å². The zero-order valence-corrected chi connectivity index (χ0v) is 22.8. The minimum absolute atomic E-state index is 0.0274. The van der Waals surface area contributed by atoms with E-state index in [-0.39, 0.29) is 18.9 Å². The lowest BCUT2D eigenvalue weighted by Gasteiger charge is -2.18. The number of methoxy groups -OCH3 is 1. The van der Waals surface area contributed by atoms with Crippen molar-refractivity contribution in [2.75, 3.05) is 13.7 Å². The molecule has 202 valence electrons. The number of carbonyl (C=O) groups is 2. The van der Waals surface area contributed by atoms with Crippen LogP contribution < -0.4 is 10.1 Å². The highest BCUT2D eigenvalue weighted by atomic mass is 32.1. The lowest BCUT2D eigenvalue weighted by atomic mass is 9.98. The second-order valence-electron chi connectivity index (χ2n) is 9.70. The van der Waals surface area contributed by atoms with Gasteiger partial charge in [-0.2, -0.15) is 0 Å². The molecule has 3 aromatic carbocycles. The van der Waals surface area contributed by atoms with Crippen LogP contribution in [0.2, 0.25) is 0 Å². The van der Waals surface area contributed by atoms with Crippen LogP contribution in [0.25, 0.3) is 27.3 Å². The summed E-state index contributed by atoms with van der Waals surface area (Å²) in [6.07, 6.45) is -0.748. The van der Waals surface area contributed by atoms with Crippen molar-refractivity contribution in [1.29, 1.82) is 0 Å². The third-order valence-electron chi connectivity index (χ3n) is 7.32. The van der Waals surface area contributed by atoms with E-state index in [0.29, 0.717) is 17.1 Å². The molecule has 2 N–H and O–H groups in total. The Morgan fingerprint density at radius 3 is 2.30 bits per heavy atom. The average Bonchev–Trinajstić information content (AvgIpc) is 3.62. The third-order valence-corrected chi connectivity index (χ3v) is 8.27. The smallest absolute Gasteiger partial charge is 0.407 e. The second-order valence-corrected chi connectivity index (χ2v) is 10.5. The highest BCUT2D eigenvalue weighted by Gasteiger charge is 2.31. The summed E-state index contributed by atoms with van der Waals surface area (Å²) in [5, 5.41) is 14.6. The molecule has 6 rings (SSSR count). The van der Waals surface area contributed by atoms with Crippen LogP contribution in [0.5, 0.6) is 5.75 Å². The quantitative estimate of drug-likeness (QED) is 0.248. The van der Waals surface area contributed by atoms with Gasteiger partial charge in [-0.05, 0) is 53.4 Å². The van der Waals surface area contributed by atoms with Gasteiger partial charge in [0.25, 0.3) is 0 Å². The highest BCUT2D eigenvalue weighted by molar-refractivity contribution is 7.15. The number of hydrogen-bond acceptors (Lipinski definition) is 6. The Balaban J connectivity index is 1.22. The van der Waals surface area contributed by atoms with Crippen molar-refractivity contribution >= 4 is 28.4 Å². The molecule has 2 aromatic heterocycles. The molecule has 40 heavy (non-hydrogen) atoms. The Labute approximate surface area is 234 Å². The molecule has 1 amide bonds. The summed E-state index contributed by atoms with van der Waals surface area (Å²) >= 11 is 1.48. The topological polar surface area (TPSA) is 102 Å². The van der Waals surface area contributed by atoms with Gasteiger partial charge in [0.1, 0.15) is 18.4 Å². The Morgan fingerprint density at radius 1 is 1.02 bits per heavy atom. The zero-order chi connectivity index (χ0) is 27.8. The number of carboxylic acids is 1. The summed E-state index contributed by atoms with van der Waals surface area (Å²) in [7, 11) is 1.60. The molecular formula is C31H27N3O5S. The molecule has 5 aromatic rings. The molecule has 9 heteroatoms. The molecule has 0 saturated heterocycles. The molecule has 0 aliphatic heterocycles. The largest absolute Gasteiger partial charge is 0.497 e. The van der Waals surface area contributed by atoms with Crippen molar-refractivity contribution in [3.63, 3.8) is 0 Å². The Hall–Kier alpha value is -4.63. The number of nitrogens with zero attached hydrogens (tertiary/aromatic N) is 2. The fourth-order valence-electron chi connectivity index (χ4n) is 5.41. The fourth-order valence-corrected chi connectivity index (χ4v) is 6.29. The third kappa shape index (κ3) is 4.58. The van der Waals surface area contributed by atoms with Crippen LogP contribution in [0, 0.1) is 6.92 Å². The normalized spacial score (nSPS) is 13.1. The molecule has 0 radical (unpaired) electrons. The minimum atomic E-state index is -1.22. The van der Waals surface area contributed by atoms with Gasteiger partial charge >= 0.3 is 12.1 Å². The number of aromatic nitrogens is 2. The number of benzene rings is 3. The predicted octanol–water partition coefficient (Wildman–Crippen LogP) is 5.91. The van der Waals surface area contributed by atoms with E-state index in [1.165, 1.54) is 11.3 Å². The summed E-state index contributed by atoms with van der Waals surface area (Å²) < 4.78 is 12.8. The first kappa shape index (κ1) is 25.6. The van der Waals surface area contributed by atoms with Gasteiger partial charge in [-0.15, -0.1) is 11.3 Å². The van der Waals surface area contributed by atoms with E-state index in [9.17, 15) is 14.7 Å². The predicted molar refractivity (Wildman–Crippen MR) is 153 cm³/mol. The number of nitrogens with one attached hydrogen (secondary N) is 1. The van der Waals surface area contributed by atoms with Crippen LogP contribution in [0.3, 0.4) is 0 Å². The number of thiazole rings is 1. The zero-order valence-electron chi connectivity index (χ0n) is 22.0. The summed E-state index contributed by atoms with van der Waals surface area (Å²) in [4.78, 5) is 30.8.